The molecule has 0 atom stereocenters. The fraction of sp³-hybridized carbons (Fsp3) is 0.0476. The largest absolute Gasteiger partial charge is 0.416 e. The number of rotatable bonds is 2. The number of hydrogen-bond donors (Lipinski definition) is 1. The van der Waals surface area contributed by atoms with Gasteiger partial charge in [-0.05, 0) is 17.7 Å². The summed E-state index contributed by atoms with van der Waals surface area (Å²) in [5.74, 6) is -0.0381. The predicted molar refractivity (Wildman–Crippen MR) is 101 cm³/mol. The number of pyridine rings is 1. The Labute approximate surface area is 167 Å². The molecule has 2 aromatic heterocycles. The van der Waals surface area contributed by atoms with Gasteiger partial charge in [0.25, 0.3) is 5.56 Å². The van der Waals surface area contributed by atoms with E-state index in [1.54, 1.807) is 30.3 Å². The number of nitriles is 2. The van der Waals surface area contributed by atoms with E-state index in [0.29, 0.717) is 5.56 Å². The maximum absolute atomic E-state index is 13.0. The van der Waals surface area contributed by atoms with E-state index in [-0.39, 0.29) is 33.7 Å². The highest BCUT2D eigenvalue weighted by molar-refractivity contribution is 5.82. The predicted octanol–water partition coefficient (Wildman–Crippen LogP) is 4.12. The molecule has 0 unspecified atom stereocenters. The normalized spacial score (nSPS) is 11.2. The molecule has 0 spiro atoms. The van der Waals surface area contributed by atoms with Crippen molar-refractivity contribution in [3.05, 3.63) is 81.6 Å². The van der Waals surface area contributed by atoms with Crippen LogP contribution in [0, 0.1) is 22.7 Å². The Kier molecular flexibility index (Phi) is 4.37. The minimum absolute atomic E-state index is 0.0353. The average Bonchev–Trinajstić information content (AvgIpc) is 3.19. The van der Waals surface area contributed by atoms with Crippen LogP contribution in [0.4, 0.5) is 13.2 Å². The van der Waals surface area contributed by atoms with Crippen LogP contribution >= 0.6 is 0 Å². The van der Waals surface area contributed by atoms with Gasteiger partial charge in [0.05, 0.1) is 5.56 Å². The molecule has 146 valence electrons. The third kappa shape index (κ3) is 2.99. The fourth-order valence-corrected chi connectivity index (χ4v) is 3.18. The summed E-state index contributed by atoms with van der Waals surface area (Å²) in [6, 6.07) is 16.6. The lowest BCUT2D eigenvalue weighted by molar-refractivity contribution is -0.137. The smallest absolute Gasteiger partial charge is 0.272 e. The second-order valence-corrected chi connectivity index (χ2v) is 6.33. The molecule has 0 aliphatic carbocycles. The molecule has 9 heteroatoms. The molecule has 0 aliphatic rings. The Morgan fingerprint density at radius 2 is 1.60 bits per heavy atom. The van der Waals surface area contributed by atoms with E-state index in [2.05, 4.69) is 10.1 Å². The number of nitrogens with zero attached hydrogens (tertiary/aromatic N) is 4. The van der Waals surface area contributed by atoms with Crippen LogP contribution in [-0.4, -0.2) is 14.6 Å². The zero-order valence-corrected chi connectivity index (χ0v) is 15.0. The minimum atomic E-state index is -4.55. The molecule has 6 nitrogen and oxygen atoms in total. The van der Waals surface area contributed by atoms with Crippen LogP contribution in [-0.2, 0) is 6.18 Å². The molecule has 4 aromatic rings. The fourth-order valence-electron chi connectivity index (χ4n) is 3.18. The van der Waals surface area contributed by atoms with Gasteiger partial charge in [-0.1, -0.05) is 42.5 Å². The molecule has 0 saturated heterocycles. The number of benzene rings is 2. The van der Waals surface area contributed by atoms with E-state index in [9.17, 15) is 28.5 Å². The van der Waals surface area contributed by atoms with Gasteiger partial charge in [-0.25, -0.2) is 4.98 Å². The highest BCUT2D eigenvalue weighted by Crippen LogP contribution is 2.32. The van der Waals surface area contributed by atoms with Crippen molar-refractivity contribution >= 4 is 5.65 Å². The highest BCUT2D eigenvalue weighted by atomic mass is 19.4. The van der Waals surface area contributed by atoms with Crippen molar-refractivity contribution in [3.63, 3.8) is 0 Å². The second kappa shape index (κ2) is 6.90. The van der Waals surface area contributed by atoms with Crippen molar-refractivity contribution in [2.24, 2.45) is 0 Å². The van der Waals surface area contributed by atoms with Gasteiger partial charge in [-0.3, -0.25) is 9.89 Å². The monoisotopic (exact) mass is 405 g/mol. The van der Waals surface area contributed by atoms with Crippen LogP contribution in [0.3, 0.4) is 0 Å². The zero-order valence-electron chi connectivity index (χ0n) is 15.0. The van der Waals surface area contributed by atoms with Crippen LogP contribution in [0.1, 0.15) is 16.7 Å². The molecule has 0 bridgehead atoms. The van der Waals surface area contributed by atoms with Crippen molar-refractivity contribution in [2.45, 2.75) is 6.18 Å². The summed E-state index contributed by atoms with van der Waals surface area (Å²) >= 11 is 0. The summed E-state index contributed by atoms with van der Waals surface area (Å²) in [4.78, 5) is 17.1. The summed E-state index contributed by atoms with van der Waals surface area (Å²) in [5, 5.41) is 21.9. The molecule has 1 N–H and O–H groups in total. The Balaban J connectivity index is 2.04. The number of hydrogen-bond acceptors (Lipinski definition) is 4. The molecule has 0 aliphatic heterocycles. The van der Waals surface area contributed by atoms with E-state index < -0.39 is 17.3 Å². The van der Waals surface area contributed by atoms with Gasteiger partial charge in [0.1, 0.15) is 23.3 Å². The highest BCUT2D eigenvalue weighted by Gasteiger charge is 2.31. The first-order chi connectivity index (χ1) is 14.3. The molecular weight excluding hydrogens is 395 g/mol. The van der Waals surface area contributed by atoms with Gasteiger partial charge < -0.3 is 0 Å². The van der Waals surface area contributed by atoms with E-state index >= 15 is 0 Å². The number of alkyl halides is 3. The lowest BCUT2D eigenvalue weighted by Crippen LogP contribution is -2.20. The van der Waals surface area contributed by atoms with Crippen molar-refractivity contribution in [2.75, 3.05) is 0 Å². The van der Waals surface area contributed by atoms with Gasteiger partial charge in [0.15, 0.2) is 11.5 Å². The standard InChI is InChI=1S/C21H10F3N5O/c22-21(23,24)14-8-4-7-13(9-14)18-27-19-15(10-25)17(12-5-2-1-3-6-12)16(11-26)20(30)29(19)28-18/h1-9H,(H,27,28). The van der Waals surface area contributed by atoms with Crippen LogP contribution in [0.15, 0.2) is 59.4 Å². The van der Waals surface area contributed by atoms with E-state index in [0.717, 1.165) is 16.6 Å². The van der Waals surface area contributed by atoms with E-state index in [1.165, 1.54) is 12.1 Å². The number of aromatic amines is 1. The molecule has 0 fully saturated rings. The molecule has 4 rings (SSSR count). The zero-order chi connectivity index (χ0) is 21.5. The third-order valence-electron chi connectivity index (χ3n) is 4.54. The first kappa shape index (κ1) is 19.0. The van der Waals surface area contributed by atoms with Gasteiger partial charge in [-0.2, -0.15) is 28.2 Å². The Morgan fingerprint density at radius 3 is 2.23 bits per heavy atom. The van der Waals surface area contributed by atoms with Gasteiger partial charge in [0.2, 0.25) is 0 Å². The molecule has 30 heavy (non-hydrogen) atoms. The first-order valence-corrected chi connectivity index (χ1v) is 8.57. The minimum Gasteiger partial charge on any atom is -0.272 e. The van der Waals surface area contributed by atoms with Gasteiger partial charge in [0, 0.05) is 11.1 Å². The van der Waals surface area contributed by atoms with Crippen molar-refractivity contribution in [3.8, 4) is 34.7 Å². The first-order valence-electron chi connectivity index (χ1n) is 8.57. The van der Waals surface area contributed by atoms with Crippen LogP contribution in [0.5, 0.6) is 0 Å². The quantitative estimate of drug-likeness (QED) is 0.542. The molecule has 2 aromatic carbocycles. The average molecular weight is 405 g/mol. The summed E-state index contributed by atoms with van der Waals surface area (Å²) < 4.78 is 40.0. The van der Waals surface area contributed by atoms with Crippen molar-refractivity contribution in [1.29, 1.82) is 10.5 Å². The SMILES string of the molecule is N#Cc1c(-c2ccccc2)c(C#N)c2nc(-c3cccc(C(F)(F)F)c3)[nH]n2c1=O. The van der Waals surface area contributed by atoms with Crippen LogP contribution in [0.25, 0.3) is 28.2 Å². The van der Waals surface area contributed by atoms with Gasteiger partial charge >= 0.3 is 6.18 Å². The molecule has 0 saturated carbocycles. The summed E-state index contributed by atoms with van der Waals surface area (Å²) in [6.07, 6.45) is -4.55. The maximum atomic E-state index is 13.0. The third-order valence-corrected chi connectivity index (χ3v) is 4.54. The maximum Gasteiger partial charge on any atom is 0.416 e. The summed E-state index contributed by atoms with van der Waals surface area (Å²) in [6.45, 7) is 0. The second-order valence-electron chi connectivity index (χ2n) is 6.33. The van der Waals surface area contributed by atoms with E-state index in [4.69, 9.17) is 0 Å². The molecule has 0 amide bonds. The molecular formula is C21H10F3N5O. The Morgan fingerprint density at radius 1 is 0.933 bits per heavy atom. The van der Waals surface area contributed by atoms with Crippen LogP contribution in [0.2, 0.25) is 0 Å². The number of halogens is 3. The number of nitrogens with one attached hydrogen (secondary N) is 1. The van der Waals surface area contributed by atoms with E-state index in [1.807, 2.05) is 12.1 Å². The summed E-state index contributed by atoms with van der Waals surface area (Å²) in [7, 11) is 0. The Bertz CT molecular complexity index is 1420. The topological polar surface area (TPSA) is 97.7 Å². The van der Waals surface area contributed by atoms with Crippen LogP contribution < -0.4 is 5.56 Å². The molecule has 0 radical (unpaired) electrons. The lowest BCUT2D eigenvalue weighted by atomic mass is 9.97. The molecule has 2 heterocycles. The van der Waals surface area contributed by atoms with Crippen molar-refractivity contribution < 1.29 is 13.2 Å². The number of fused-ring (bicyclic) bond motifs is 1. The number of H-pyrrole nitrogens is 1. The summed E-state index contributed by atoms with van der Waals surface area (Å²) in [5.41, 5.74) is -1.32. The van der Waals surface area contributed by atoms with Crippen molar-refractivity contribution in [1.82, 2.24) is 14.6 Å². The lowest BCUT2D eigenvalue weighted by Gasteiger charge is -2.07. The Hall–Kier alpha value is -4.37. The number of aromatic nitrogens is 3. The van der Waals surface area contributed by atoms with Gasteiger partial charge in [-0.15, -0.1) is 0 Å².